The van der Waals surface area contributed by atoms with Crippen LogP contribution < -0.4 is 4.74 Å². The van der Waals surface area contributed by atoms with Crippen molar-refractivity contribution in [2.75, 3.05) is 0 Å². The molecule has 5 rings (SSSR count). The molecule has 0 unspecified atom stereocenters. The fraction of sp³-hybridized carbons (Fsp3) is 0.261. The summed E-state index contributed by atoms with van der Waals surface area (Å²) in [6, 6.07) is 11.1. The smallest absolute Gasteiger partial charge is 0.254 e. The summed E-state index contributed by atoms with van der Waals surface area (Å²) >= 11 is 13.0. The fourth-order valence-corrected chi connectivity index (χ4v) is 6.23. The molecule has 1 saturated heterocycles. The number of hydrogen-bond donors (Lipinski definition) is 0. The second-order valence-corrected chi connectivity index (χ2v) is 10.1. The Hall–Kier alpha value is -1.96. The van der Waals surface area contributed by atoms with Crippen LogP contribution in [0.4, 0.5) is 0 Å². The molecule has 0 spiro atoms. The van der Waals surface area contributed by atoms with Gasteiger partial charge in [-0.3, -0.25) is 9.59 Å². The molecule has 1 aliphatic heterocycles. The maximum Gasteiger partial charge on any atom is 0.254 e. The number of carbonyl (C=O) groups excluding carboxylic acids is 2. The van der Waals surface area contributed by atoms with Crippen LogP contribution in [0.15, 0.2) is 62.6 Å². The fourth-order valence-electron chi connectivity index (χ4n) is 4.65. The van der Waals surface area contributed by atoms with E-state index >= 15 is 0 Å². The summed E-state index contributed by atoms with van der Waals surface area (Å²) in [5, 5.41) is 5.96. The van der Waals surface area contributed by atoms with E-state index in [4.69, 9.17) is 16.3 Å². The Kier molecular flexibility index (Phi) is 5.52. The van der Waals surface area contributed by atoms with Gasteiger partial charge in [0.15, 0.2) is 0 Å². The Bertz CT molecular complexity index is 1080. The van der Waals surface area contributed by atoms with Gasteiger partial charge in [-0.25, -0.2) is 0 Å². The van der Waals surface area contributed by atoms with Crippen molar-refractivity contribution in [1.82, 2.24) is 5.01 Å². The third kappa shape index (κ3) is 3.77. The van der Waals surface area contributed by atoms with Crippen molar-refractivity contribution < 1.29 is 14.3 Å². The van der Waals surface area contributed by atoms with Gasteiger partial charge in [0.1, 0.15) is 12.4 Å². The third-order valence-electron chi connectivity index (χ3n) is 6.09. The highest BCUT2D eigenvalue weighted by Crippen LogP contribution is 2.52. The van der Waals surface area contributed by atoms with Crippen LogP contribution in [0.2, 0.25) is 5.02 Å². The van der Waals surface area contributed by atoms with Crippen LogP contribution in [0.3, 0.4) is 0 Å². The first kappa shape index (κ1) is 20.9. The summed E-state index contributed by atoms with van der Waals surface area (Å²) in [5.74, 6) is 0.119. The predicted molar refractivity (Wildman–Crippen MR) is 125 cm³/mol. The van der Waals surface area contributed by atoms with E-state index in [1.807, 2.05) is 36.4 Å². The topological polar surface area (TPSA) is 59.0 Å². The molecule has 0 radical (unpaired) electrons. The molecule has 2 bridgehead atoms. The minimum atomic E-state index is -0.248. The first-order valence-corrected chi connectivity index (χ1v) is 11.8. The van der Waals surface area contributed by atoms with Crippen molar-refractivity contribution in [3.05, 3.63) is 73.6 Å². The highest BCUT2D eigenvalue weighted by atomic mass is 79.9. The van der Waals surface area contributed by atoms with Crippen LogP contribution in [0.1, 0.15) is 17.5 Å². The molecule has 2 aromatic carbocycles. The molecule has 8 heteroatoms. The standard InChI is InChI=1S/C23H17Br2ClN2O3/c24-17-7-13(8-18(25)21(17)31-11-12-1-5-16(26)6-2-12)10-27-28-22(29)19-14-3-4-15(9-14)20(19)23(28)30/h1-8,10,14-15,19-20H,9,11H2/b27-10-/t14-,15-,19-,20+/m0/s1. The summed E-state index contributed by atoms with van der Waals surface area (Å²) < 4.78 is 7.40. The molecule has 2 fully saturated rings. The van der Waals surface area contributed by atoms with Crippen molar-refractivity contribution in [3.8, 4) is 5.75 Å². The third-order valence-corrected chi connectivity index (χ3v) is 7.52. The second-order valence-electron chi connectivity index (χ2n) is 7.96. The van der Waals surface area contributed by atoms with Gasteiger partial charge in [0.05, 0.1) is 27.0 Å². The largest absolute Gasteiger partial charge is 0.487 e. The molecular weight excluding hydrogens is 548 g/mol. The van der Waals surface area contributed by atoms with E-state index in [2.05, 4.69) is 49.1 Å². The van der Waals surface area contributed by atoms with Crippen molar-refractivity contribution in [2.45, 2.75) is 13.0 Å². The molecule has 2 aliphatic carbocycles. The molecule has 0 N–H and O–H groups in total. The maximum atomic E-state index is 12.7. The van der Waals surface area contributed by atoms with Crippen LogP contribution in [-0.2, 0) is 16.2 Å². The molecule has 4 atom stereocenters. The lowest BCUT2D eigenvalue weighted by Crippen LogP contribution is -2.28. The van der Waals surface area contributed by atoms with Crippen molar-refractivity contribution in [1.29, 1.82) is 0 Å². The van der Waals surface area contributed by atoms with Gasteiger partial charge in [-0.15, -0.1) is 0 Å². The Balaban J connectivity index is 1.30. The Morgan fingerprint density at radius 3 is 2.19 bits per heavy atom. The highest BCUT2D eigenvalue weighted by molar-refractivity contribution is 9.11. The number of ether oxygens (including phenoxy) is 1. The average Bonchev–Trinajstić information content (AvgIpc) is 3.42. The molecule has 1 saturated carbocycles. The maximum absolute atomic E-state index is 12.7. The number of carbonyl (C=O) groups is 2. The first-order chi connectivity index (χ1) is 14.9. The van der Waals surface area contributed by atoms with Crippen molar-refractivity contribution in [3.63, 3.8) is 0 Å². The molecule has 2 aromatic rings. The Labute approximate surface area is 201 Å². The number of rotatable bonds is 5. The van der Waals surface area contributed by atoms with Gasteiger partial charge in [-0.05, 0) is 85.5 Å². The number of imide groups is 1. The van der Waals surface area contributed by atoms with E-state index in [0.717, 1.165) is 31.5 Å². The number of amides is 2. The van der Waals surface area contributed by atoms with E-state index in [9.17, 15) is 9.59 Å². The molecule has 5 nitrogen and oxygen atoms in total. The van der Waals surface area contributed by atoms with E-state index in [-0.39, 0.29) is 35.5 Å². The van der Waals surface area contributed by atoms with Gasteiger partial charge in [0.2, 0.25) is 0 Å². The number of halogens is 3. The van der Waals surface area contributed by atoms with Gasteiger partial charge >= 0.3 is 0 Å². The molecule has 2 amide bonds. The number of allylic oxidation sites excluding steroid dienone is 2. The first-order valence-electron chi connectivity index (χ1n) is 9.89. The second kappa shape index (κ2) is 8.19. The van der Waals surface area contributed by atoms with E-state index in [1.165, 1.54) is 6.21 Å². The zero-order chi connectivity index (χ0) is 21.7. The summed E-state index contributed by atoms with van der Waals surface area (Å²) in [7, 11) is 0. The number of nitrogens with zero attached hydrogens (tertiary/aromatic N) is 2. The lowest BCUT2D eigenvalue weighted by Gasteiger charge is -2.13. The van der Waals surface area contributed by atoms with Crippen LogP contribution in [0.25, 0.3) is 0 Å². The zero-order valence-corrected chi connectivity index (χ0v) is 20.1. The van der Waals surface area contributed by atoms with Crippen molar-refractivity contribution in [2.24, 2.45) is 28.8 Å². The zero-order valence-electron chi connectivity index (χ0n) is 16.2. The summed E-state index contributed by atoms with van der Waals surface area (Å²) in [6.07, 6.45) is 6.58. The molecular formula is C23H17Br2ClN2O3. The lowest BCUT2D eigenvalue weighted by atomic mass is 9.85. The molecule has 3 aliphatic rings. The van der Waals surface area contributed by atoms with Crippen LogP contribution in [0.5, 0.6) is 5.75 Å². The van der Waals surface area contributed by atoms with E-state index < -0.39 is 0 Å². The van der Waals surface area contributed by atoms with Crippen LogP contribution in [0, 0.1) is 23.7 Å². The quantitative estimate of drug-likeness (QED) is 0.271. The molecule has 0 aromatic heterocycles. The minimum absolute atomic E-state index is 0.173. The minimum Gasteiger partial charge on any atom is -0.487 e. The van der Waals surface area contributed by atoms with Gasteiger partial charge < -0.3 is 4.74 Å². The van der Waals surface area contributed by atoms with Gasteiger partial charge in [0, 0.05) is 5.02 Å². The Morgan fingerprint density at radius 1 is 1.03 bits per heavy atom. The van der Waals surface area contributed by atoms with Crippen LogP contribution in [-0.4, -0.2) is 23.0 Å². The van der Waals surface area contributed by atoms with Crippen LogP contribution >= 0.6 is 43.5 Å². The Morgan fingerprint density at radius 2 is 1.61 bits per heavy atom. The van der Waals surface area contributed by atoms with Gasteiger partial charge in [0.25, 0.3) is 11.8 Å². The molecule has 1 heterocycles. The average molecular weight is 565 g/mol. The van der Waals surface area contributed by atoms with E-state index in [0.29, 0.717) is 17.4 Å². The number of hydrogen-bond acceptors (Lipinski definition) is 4. The van der Waals surface area contributed by atoms with Gasteiger partial charge in [-0.2, -0.15) is 10.1 Å². The van der Waals surface area contributed by atoms with E-state index in [1.54, 1.807) is 0 Å². The summed E-state index contributed by atoms with van der Waals surface area (Å²) in [4.78, 5) is 25.5. The van der Waals surface area contributed by atoms with Gasteiger partial charge in [-0.1, -0.05) is 35.9 Å². The number of hydrazone groups is 1. The number of fused-ring (bicyclic) bond motifs is 5. The monoisotopic (exact) mass is 562 g/mol. The highest BCUT2D eigenvalue weighted by Gasteiger charge is 2.59. The van der Waals surface area contributed by atoms with Crippen molar-refractivity contribution >= 4 is 61.5 Å². The normalized spacial score (nSPS) is 26.4. The SMILES string of the molecule is O=C1[C@@H]2[C@H](C(=O)N1/N=C\c1cc(Br)c(OCc3ccc(Cl)cc3)c(Br)c1)[C@H]1C=C[C@H]2C1. The summed E-state index contributed by atoms with van der Waals surface area (Å²) in [6.45, 7) is 0.387. The lowest BCUT2D eigenvalue weighted by molar-refractivity contribution is -0.140. The molecule has 31 heavy (non-hydrogen) atoms. The predicted octanol–water partition coefficient (Wildman–Crippen LogP) is 5.59. The molecule has 158 valence electrons. The summed E-state index contributed by atoms with van der Waals surface area (Å²) in [5.41, 5.74) is 1.73. The number of benzene rings is 2.